The lowest BCUT2D eigenvalue weighted by Crippen LogP contribution is -2.53. The van der Waals surface area contributed by atoms with Gasteiger partial charge in [-0.2, -0.15) is 0 Å². The zero-order valence-electron chi connectivity index (χ0n) is 21.3. The third-order valence-electron chi connectivity index (χ3n) is 5.07. The summed E-state index contributed by atoms with van der Waals surface area (Å²) in [6.45, 7) is 9.46. The first-order valence-corrected chi connectivity index (χ1v) is 11.9. The Bertz CT molecular complexity index is 915. The number of ether oxygens (including phenoxy) is 1. The minimum atomic E-state index is -1.12. The third kappa shape index (κ3) is 10.1. The van der Waals surface area contributed by atoms with Gasteiger partial charge in [0.2, 0.25) is 17.7 Å². The Labute approximate surface area is 208 Å². The van der Waals surface area contributed by atoms with Crippen LogP contribution in [0, 0.1) is 12.3 Å². The van der Waals surface area contributed by atoms with Gasteiger partial charge in [-0.05, 0) is 58.2 Å². The summed E-state index contributed by atoms with van der Waals surface area (Å²) < 4.78 is 5.29. The number of rotatable bonds is 12. The van der Waals surface area contributed by atoms with Gasteiger partial charge in [0.25, 0.3) is 0 Å². The summed E-state index contributed by atoms with van der Waals surface area (Å²) >= 11 is 0. The number of nitrogens with two attached hydrogens (primary N) is 1. The van der Waals surface area contributed by atoms with Crippen molar-refractivity contribution in [3.8, 4) is 12.3 Å². The molecule has 0 aliphatic rings. The Kier molecular flexibility index (Phi) is 11.8. The average molecular weight is 487 g/mol. The first kappa shape index (κ1) is 29.5. The first-order valence-electron chi connectivity index (χ1n) is 11.9. The summed E-state index contributed by atoms with van der Waals surface area (Å²) in [6.07, 6.45) is 6.16. The molecule has 4 N–H and O–H groups in total. The predicted molar refractivity (Wildman–Crippen MR) is 134 cm³/mol. The minimum absolute atomic E-state index is 0.0376. The molecule has 2 unspecified atom stereocenters. The van der Waals surface area contributed by atoms with Crippen molar-refractivity contribution in [1.29, 1.82) is 0 Å². The maximum atomic E-state index is 13.7. The van der Waals surface area contributed by atoms with Crippen molar-refractivity contribution in [2.45, 2.75) is 78.0 Å². The molecule has 0 fully saturated rings. The number of alkyl carbamates (subject to hydrolysis) is 1. The molecular formula is C26H38N4O5. The van der Waals surface area contributed by atoms with Crippen molar-refractivity contribution in [3.05, 3.63) is 35.4 Å². The van der Waals surface area contributed by atoms with Crippen LogP contribution < -0.4 is 16.4 Å². The normalized spacial score (nSPS) is 12.6. The fourth-order valence-corrected chi connectivity index (χ4v) is 3.38. The number of carbonyl (C=O) groups excluding carboxylic acids is 4. The van der Waals surface area contributed by atoms with Crippen LogP contribution in [0.2, 0.25) is 0 Å². The molecule has 0 saturated carbocycles. The van der Waals surface area contributed by atoms with Crippen LogP contribution in [0.15, 0.2) is 24.3 Å². The molecule has 0 aliphatic carbocycles. The highest BCUT2D eigenvalue weighted by Crippen LogP contribution is 2.24. The Morgan fingerprint density at radius 3 is 2.26 bits per heavy atom. The lowest BCUT2D eigenvalue weighted by Gasteiger charge is -2.33. The van der Waals surface area contributed by atoms with Gasteiger partial charge in [0.1, 0.15) is 17.7 Å². The number of unbranched alkanes of at least 4 members (excludes halogenated alkanes) is 1. The van der Waals surface area contributed by atoms with E-state index in [1.807, 2.05) is 6.92 Å². The van der Waals surface area contributed by atoms with E-state index in [2.05, 4.69) is 16.6 Å². The molecule has 9 nitrogen and oxygen atoms in total. The zero-order valence-corrected chi connectivity index (χ0v) is 21.3. The van der Waals surface area contributed by atoms with E-state index in [9.17, 15) is 19.2 Å². The van der Waals surface area contributed by atoms with Crippen LogP contribution in [0.3, 0.4) is 0 Å². The Morgan fingerprint density at radius 2 is 1.77 bits per heavy atom. The van der Waals surface area contributed by atoms with E-state index in [1.54, 1.807) is 52.0 Å². The fraction of sp³-hybridized carbons (Fsp3) is 0.538. The van der Waals surface area contributed by atoms with Gasteiger partial charge in [-0.15, -0.1) is 6.42 Å². The highest BCUT2D eigenvalue weighted by molar-refractivity contribution is 5.92. The van der Waals surface area contributed by atoms with E-state index in [0.29, 0.717) is 17.7 Å². The fourth-order valence-electron chi connectivity index (χ4n) is 3.38. The largest absolute Gasteiger partial charge is 0.444 e. The zero-order chi connectivity index (χ0) is 26.6. The molecule has 0 saturated heterocycles. The number of likely N-dealkylation sites (N-methyl/N-ethyl adjacent to an activating group) is 1. The van der Waals surface area contributed by atoms with E-state index >= 15 is 0 Å². The van der Waals surface area contributed by atoms with Crippen LogP contribution in [-0.4, -0.2) is 53.4 Å². The topological polar surface area (TPSA) is 131 Å². The molecule has 2 atom stereocenters. The Balaban J connectivity index is 3.33. The van der Waals surface area contributed by atoms with Crippen molar-refractivity contribution in [3.63, 3.8) is 0 Å². The van der Waals surface area contributed by atoms with Crippen molar-refractivity contribution >= 4 is 23.8 Å². The summed E-state index contributed by atoms with van der Waals surface area (Å²) in [5, 5.41) is 5.42. The van der Waals surface area contributed by atoms with Crippen LogP contribution in [-0.2, 0) is 19.1 Å². The van der Waals surface area contributed by atoms with E-state index < -0.39 is 35.6 Å². The lowest BCUT2D eigenvalue weighted by atomic mass is 10.0. The molecule has 192 valence electrons. The van der Waals surface area contributed by atoms with Crippen molar-refractivity contribution in [2.75, 3.05) is 13.1 Å². The quantitative estimate of drug-likeness (QED) is 0.309. The summed E-state index contributed by atoms with van der Waals surface area (Å²) in [5.41, 5.74) is 5.71. The second kappa shape index (κ2) is 14.0. The summed E-state index contributed by atoms with van der Waals surface area (Å²) in [6, 6.07) is 4.72. The summed E-state index contributed by atoms with van der Waals surface area (Å²) in [5.74, 6) is 1.03. The van der Waals surface area contributed by atoms with E-state index in [0.717, 1.165) is 12.8 Å². The number of amides is 4. The molecule has 0 radical (unpaired) electrons. The number of hydrogen-bond donors (Lipinski definition) is 3. The second-order valence-corrected chi connectivity index (χ2v) is 9.14. The molecule has 0 aromatic heterocycles. The number of terminal acetylenes is 1. The van der Waals surface area contributed by atoms with Gasteiger partial charge >= 0.3 is 6.09 Å². The number of carbonyl (C=O) groups is 4. The van der Waals surface area contributed by atoms with E-state index in [-0.39, 0.29) is 25.3 Å². The van der Waals surface area contributed by atoms with Crippen molar-refractivity contribution in [2.24, 2.45) is 5.73 Å². The standard InChI is InChI=1S/C26H38N4O5/c1-7-10-17-28-23(32)22(19-13-11-18(8-2)12-14-19)30(9-3)24(33)20(15-16-21(27)31)29-25(34)35-26(4,5)6/h2,11-14,20,22H,7,9-10,15-17H2,1,3-6H3,(H2,27,31)(H,28,32)(H,29,34). The highest BCUT2D eigenvalue weighted by atomic mass is 16.6. The predicted octanol–water partition coefficient (Wildman–Crippen LogP) is 2.63. The van der Waals surface area contributed by atoms with Crippen LogP contribution in [0.5, 0.6) is 0 Å². The molecule has 0 aliphatic heterocycles. The number of primary amides is 1. The smallest absolute Gasteiger partial charge is 0.408 e. The SMILES string of the molecule is C#Cc1ccc(C(C(=O)NCCCC)N(CC)C(=O)C(CCC(N)=O)NC(=O)OC(C)(C)C)cc1. The average Bonchev–Trinajstić information content (AvgIpc) is 2.78. The van der Waals surface area contributed by atoms with E-state index in [4.69, 9.17) is 16.9 Å². The molecule has 1 aromatic rings. The maximum absolute atomic E-state index is 13.7. The van der Waals surface area contributed by atoms with Gasteiger partial charge in [0.05, 0.1) is 0 Å². The molecule has 0 heterocycles. The maximum Gasteiger partial charge on any atom is 0.408 e. The number of hydrogen-bond acceptors (Lipinski definition) is 5. The molecule has 0 bridgehead atoms. The van der Waals surface area contributed by atoms with Gasteiger partial charge in [-0.3, -0.25) is 14.4 Å². The van der Waals surface area contributed by atoms with Gasteiger partial charge in [0, 0.05) is 25.1 Å². The first-order chi connectivity index (χ1) is 16.4. The number of nitrogens with one attached hydrogen (secondary N) is 2. The third-order valence-corrected chi connectivity index (χ3v) is 5.07. The van der Waals surface area contributed by atoms with Crippen LogP contribution >= 0.6 is 0 Å². The van der Waals surface area contributed by atoms with Crippen LogP contribution in [0.1, 0.15) is 77.5 Å². The highest BCUT2D eigenvalue weighted by Gasteiger charge is 2.35. The molecule has 1 rings (SSSR count). The van der Waals surface area contributed by atoms with Gasteiger partial charge in [0.15, 0.2) is 0 Å². The molecule has 9 heteroatoms. The minimum Gasteiger partial charge on any atom is -0.444 e. The summed E-state index contributed by atoms with van der Waals surface area (Å²) in [7, 11) is 0. The monoisotopic (exact) mass is 486 g/mol. The van der Waals surface area contributed by atoms with Gasteiger partial charge < -0.3 is 26.0 Å². The molecular weight excluding hydrogens is 448 g/mol. The van der Waals surface area contributed by atoms with Crippen LogP contribution in [0.25, 0.3) is 0 Å². The molecule has 1 aromatic carbocycles. The number of nitrogens with zero attached hydrogens (tertiary/aromatic N) is 1. The van der Waals surface area contributed by atoms with Gasteiger partial charge in [-0.25, -0.2) is 4.79 Å². The van der Waals surface area contributed by atoms with Crippen molar-refractivity contribution in [1.82, 2.24) is 15.5 Å². The lowest BCUT2D eigenvalue weighted by molar-refractivity contribution is -0.142. The Hall–Kier alpha value is -3.54. The summed E-state index contributed by atoms with van der Waals surface area (Å²) in [4.78, 5) is 52.1. The van der Waals surface area contributed by atoms with Crippen LogP contribution in [0.4, 0.5) is 4.79 Å². The molecule has 4 amide bonds. The Morgan fingerprint density at radius 1 is 1.14 bits per heavy atom. The molecule has 0 spiro atoms. The number of benzene rings is 1. The van der Waals surface area contributed by atoms with Gasteiger partial charge in [-0.1, -0.05) is 31.4 Å². The molecule has 35 heavy (non-hydrogen) atoms. The van der Waals surface area contributed by atoms with E-state index in [1.165, 1.54) is 4.90 Å². The second-order valence-electron chi connectivity index (χ2n) is 9.14. The van der Waals surface area contributed by atoms with Crippen molar-refractivity contribution < 1.29 is 23.9 Å².